The second-order valence-corrected chi connectivity index (χ2v) is 5.24. The van der Waals surface area contributed by atoms with Gasteiger partial charge in [0.25, 0.3) is 11.8 Å². The molecule has 124 valence electrons. The van der Waals surface area contributed by atoms with Crippen molar-refractivity contribution in [2.24, 2.45) is 0 Å². The predicted molar refractivity (Wildman–Crippen MR) is 82.7 cm³/mol. The number of nitrogens with zero attached hydrogens (tertiary/aromatic N) is 4. The minimum absolute atomic E-state index is 0.110. The summed E-state index contributed by atoms with van der Waals surface area (Å²) < 4.78 is 6.13. The normalized spacial score (nSPS) is 13.4. The molecule has 0 saturated heterocycles. The van der Waals surface area contributed by atoms with Crippen LogP contribution in [0.2, 0.25) is 0 Å². The Morgan fingerprint density at radius 1 is 1.29 bits per heavy atom. The highest BCUT2D eigenvalue weighted by atomic mass is 16.5. The lowest BCUT2D eigenvalue weighted by Crippen LogP contribution is -2.37. The number of ether oxygens (including phenoxy) is 1. The van der Waals surface area contributed by atoms with Crippen molar-refractivity contribution in [1.29, 1.82) is 0 Å². The number of pyridine rings is 1. The van der Waals surface area contributed by atoms with Gasteiger partial charge in [-0.1, -0.05) is 0 Å². The molecule has 2 amide bonds. The number of likely N-dealkylation sites (N-methyl/N-ethyl adjacent to an activating group) is 1. The van der Waals surface area contributed by atoms with Crippen molar-refractivity contribution in [3.63, 3.8) is 0 Å². The first kappa shape index (κ1) is 15.7. The van der Waals surface area contributed by atoms with Crippen molar-refractivity contribution in [3.8, 4) is 0 Å². The molecule has 1 N–H and O–H groups in total. The van der Waals surface area contributed by atoms with Crippen LogP contribution in [0.3, 0.4) is 0 Å². The number of rotatable bonds is 3. The smallest absolute Gasteiger partial charge is 0.338 e. The average Bonchev–Trinajstić information content (AvgIpc) is 3.03. The first-order valence-electron chi connectivity index (χ1n) is 7.18. The maximum atomic E-state index is 12.3. The van der Waals surface area contributed by atoms with E-state index in [1.165, 1.54) is 36.2 Å². The Hall–Kier alpha value is -3.23. The molecule has 0 unspecified atom stereocenters. The van der Waals surface area contributed by atoms with E-state index in [4.69, 9.17) is 0 Å². The van der Waals surface area contributed by atoms with Gasteiger partial charge in [0.05, 0.1) is 19.2 Å². The molecule has 2 aromatic rings. The zero-order chi connectivity index (χ0) is 17.3. The van der Waals surface area contributed by atoms with Crippen LogP contribution in [0.1, 0.15) is 31.3 Å². The molecule has 0 bridgehead atoms. The summed E-state index contributed by atoms with van der Waals surface area (Å²) in [6.07, 6.45) is 1.39. The number of hydrogen-bond donors (Lipinski definition) is 1. The summed E-state index contributed by atoms with van der Waals surface area (Å²) >= 11 is 0. The van der Waals surface area contributed by atoms with Gasteiger partial charge in [0.1, 0.15) is 11.5 Å². The first-order chi connectivity index (χ1) is 11.5. The molecule has 3 heterocycles. The highest BCUT2D eigenvalue weighted by molar-refractivity contribution is 6.04. The van der Waals surface area contributed by atoms with Crippen LogP contribution in [-0.4, -0.2) is 58.2 Å². The fourth-order valence-corrected chi connectivity index (χ4v) is 2.34. The van der Waals surface area contributed by atoms with E-state index in [0.717, 1.165) is 0 Å². The van der Waals surface area contributed by atoms with Crippen molar-refractivity contribution >= 4 is 23.6 Å². The van der Waals surface area contributed by atoms with E-state index in [1.807, 2.05) is 0 Å². The third-order valence-electron chi connectivity index (χ3n) is 3.65. The van der Waals surface area contributed by atoms with Gasteiger partial charge in [-0.2, -0.15) is 5.10 Å². The van der Waals surface area contributed by atoms with Crippen LogP contribution < -0.4 is 5.32 Å². The van der Waals surface area contributed by atoms with Crippen LogP contribution in [0.25, 0.3) is 0 Å². The maximum Gasteiger partial charge on any atom is 0.338 e. The Balaban J connectivity index is 1.80. The van der Waals surface area contributed by atoms with Crippen LogP contribution in [0.15, 0.2) is 24.4 Å². The summed E-state index contributed by atoms with van der Waals surface area (Å²) in [6.45, 7) is 1.07. The van der Waals surface area contributed by atoms with Crippen molar-refractivity contribution in [2.75, 3.05) is 26.0 Å². The van der Waals surface area contributed by atoms with Gasteiger partial charge in [0.2, 0.25) is 0 Å². The molecule has 0 atom stereocenters. The van der Waals surface area contributed by atoms with Gasteiger partial charge in [-0.05, 0) is 12.1 Å². The molecular formula is C15H15N5O4. The molecule has 0 spiro atoms. The molecule has 1 aliphatic rings. The number of hydrogen-bond acceptors (Lipinski definition) is 6. The highest BCUT2D eigenvalue weighted by Gasteiger charge is 2.25. The van der Waals surface area contributed by atoms with Gasteiger partial charge in [0.15, 0.2) is 5.69 Å². The van der Waals surface area contributed by atoms with Crippen molar-refractivity contribution < 1.29 is 19.1 Å². The molecular weight excluding hydrogens is 314 g/mol. The number of esters is 1. The van der Waals surface area contributed by atoms with E-state index >= 15 is 0 Å². The number of methoxy groups -OCH3 is 1. The predicted octanol–water partition coefficient (Wildman–Crippen LogP) is 0.403. The fraction of sp³-hybridized carbons (Fsp3) is 0.267. The number of carbonyl (C=O) groups is 3. The number of aromatic nitrogens is 3. The number of nitrogens with one attached hydrogen (secondary N) is 1. The number of carbonyl (C=O) groups excluding carboxylic acids is 3. The van der Waals surface area contributed by atoms with Gasteiger partial charge in [0, 0.05) is 25.9 Å². The maximum absolute atomic E-state index is 12.3. The van der Waals surface area contributed by atoms with Crippen molar-refractivity contribution in [1.82, 2.24) is 19.7 Å². The van der Waals surface area contributed by atoms with E-state index in [9.17, 15) is 14.4 Å². The Kier molecular flexibility index (Phi) is 3.98. The average molecular weight is 329 g/mol. The number of anilines is 1. The molecule has 1 aliphatic heterocycles. The molecule has 2 aromatic heterocycles. The van der Waals surface area contributed by atoms with Gasteiger partial charge in [-0.25, -0.2) is 9.78 Å². The lowest BCUT2D eigenvalue weighted by atomic mass is 10.2. The Morgan fingerprint density at radius 2 is 2.08 bits per heavy atom. The Bertz CT molecular complexity index is 829. The van der Waals surface area contributed by atoms with E-state index in [-0.39, 0.29) is 23.0 Å². The van der Waals surface area contributed by atoms with Crippen LogP contribution in [0.5, 0.6) is 0 Å². The third kappa shape index (κ3) is 2.83. The van der Waals surface area contributed by atoms with E-state index in [2.05, 4.69) is 20.1 Å². The van der Waals surface area contributed by atoms with Crippen LogP contribution >= 0.6 is 0 Å². The molecule has 9 nitrogen and oxygen atoms in total. The zero-order valence-corrected chi connectivity index (χ0v) is 13.1. The standard InChI is InChI=1S/C15H15N5O4/c1-19-5-6-20-11(14(19)22)8-10(18-20)13(21)17-12-7-9(3-4-16-12)15(23)24-2/h3-4,7-8H,5-6H2,1-2H3,(H,16,17,21). The molecule has 24 heavy (non-hydrogen) atoms. The zero-order valence-electron chi connectivity index (χ0n) is 13.1. The van der Waals surface area contributed by atoms with Crippen LogP contribution in [0, 0.1) is 0 Å². The monoisotopic (exact) mass is 329 g/mol. The Morgan fingerprint density at radius 3 is 2.83 bits per heavy atom. The van der Waals surface area contributed by atoms with Gasteiger partial charge in [-0.15, -0.1) is 0 Å². The minimum Gasteiger partial charge on any atom is -0.465 e. The summed E-state index contributed by atoms with van der Waals surface area (Å²) in [7, 11) is 2.96. The quantitative estimate of drug-likeness (QED) is 0.817. The Labute approximate surface area is 137 Å². The van der Waals surface area contributed by atoms with E-state index < -0.39 is 11.9 Å². The molecule has 0 fully saturated rings. The van der Waals surface area contributed by atoms with Crippen LogP contribution in [0.4, 0.5) is 5.82 Å². The van der Waals surface area contributed by atoms with Gasteiger partial charge < -0.3 is 15.0 Å². The second kappa shape index (κ2) is 6.11. The van der Waals surface area contributed by atoms with Crippen molar-refractivity contribution in [2.45, 2.75) is 6.54 Å². The second-order valence-electron chi connectivity index (χ2n) is 5.24. The topological polar surface area (TPSA) is 106 Å². The first-order valence-corrected chi connectivity index (χ1v) is 7.18. The number of fused-ring (bicyclic) bond motifs is 1. The largest absolute Gasteiger partial charge is 0.465 e. The van der Waals surface area contributed by atoms with E-state index in [0.29, 0.717) is 18.8 Å². The van der Waals surface area contributed by atoms with Gasteiger partial charge >= 0.3 is 5.97 Å². The SMILES string of the molecule is COC(=O)c1ccnc(NC(=O)c2cc3n(n2)CCN(C)C3=O)c1. The van der Waals surface area contributed by atoms with Crippen molar-refractivity contribution in [3.05, 3.63) is 41.3 Å². The molecule has 0 saturated carbocycles. The summed E-state index contributed by atoms with van der Waals surface area (Å²) in [5.74, 6) is -1.03. The van der Waals surface area contributed by atoms with Gasteiger partial charge in [-0.3, -0.25) is 14.3 Å². The molecule has 0 aromatic carbocycles. The molecule has 3 rings (SSSR count). The minimum atomic E-state index is -0.529. The lowest BCUT2D eigenvalue weighted by molar-refractivity contribution is 0.0600. The molecule has 9 heteroatoms. The summed E-state index contributed by atoms with van der Waals surface area (Å²) in [6, 6.07) is 4.32. The third-order valence-corrected chi connectivity index (χ3v) is 3.65. The number of amides is 2. The summed E-state index contributed by atoms with van der Waals surface area (Å²) in [5, 5.41) is 6.70. The van der Waals surface area contributed by atoms with Crippen LogP contribution in [-0.2, 0) is 11.3 Å². The molecule has 0 aliphatic carbocycles. The fourth-order valence-electron chi connectivity index (χ4n) is 2.34. The molecule has 0 radical (unpaired) electrons. The summed E-state index contributed by atoms with van der Waals surface area (Å²) in [4.78, 5) is 41.4. The summed E-state index contributed by atoms with van der Waals surface area (Å²) in [5.41, 5.74) is 0.743. The lowest BCUT2D eigenvalue weighted by Gasteiger charge is -2.22. The van der Waals surface area contributed by atoms with E-state index in [1.54, 1.807) is 11.9 Å². The highest BCUT2D eigenvalue weighted by Crippen LogP contribution is 2.14.